The summed E-state index contributed by atoms with van der Waals surface area (Å²) >= 11 is 0. The SMILES string of the molecule is CN1Cc2cc(F)c(C(=O)NO)cc2-n2c1nc1ccccc12. The van der Waals surface area contributed by atoms with Crippen LogP contribution in [0.4, 0.5) is 10.3 Å². The zero-order valence-electron chi connectivity index (χ0n) is 12.2. The predicted molar refractivity (Wildman–Crippen MR) is 82.4 cm³/mol. The molecule has 1 aromatic heterocycles. The number of anilines is 1. The Morgan fingerprint density at radius 3 is 2.91 bits per heavy atom. The summed E-state index contributed by atoms with van der Waals surface area (Å²) in [4.78, 5) is 18.2. The number of amides is 1. The number of nitrogens with one attached hydrogen (secondary N) is 1. The molecule has 2 N–H and O–H groups in total. The smallest absolute Gasteiger partial charge is 0.277 e. The van der Waals surface area contributed by atoms with Crippen molar-refractivity contribution < 1.29 is 14.4 Å². The van der Waals surface area contributed by atoms with E-state index in [2.05, 4.69) is 4.98 Å². The lowest BCUT2D eigenvalue weighted by Gasteiger charge is -2.28. The molecule has 2 heterocycles. The lowest BCUT2D eigenvalue weighted by Crippen LogP contribution is -2.27. The Balaban J connectivity index is 2.05. The fourth-order valence-corrected chi connectivity index (χ4v) is 3.01. The van der Waals surface area contributed by atoms with Crippen LogP contribution in [0.2, 0.25) is 0 Å². The van der Waals surface area contributed by atoms with Gasteiger partial charge in [-0.05, 0) is 29.8 Å². The molecular formula is C16H13FN4O2. The van der Waals surface area contributed by atoms with E-state index in [0.29, 0.717) is 12.2 Å². The molecule has 1 aliphatic rings. The molecule has 23 heavy (non-hydrogen) atoms. The van der Waals surface area contributed by atoms with E-state index in [0.717, 1.165) is 22.5 Å². The summed E-state index contributed by atoms with van der Waals surface area (Å²) in [5.74, 6) is -0.826. The summed E-state index contributed by atoms with van der Waals surface area (Å²) in [7, 11) is 1.88. The highest BCUT2D eigenvalue weighted by molar-refractivity contribution is 5.95. The molecule has 4 rings (SSSR count). The van der Waals surface area contributed by atoms with Gasteiger partial charge < -0.3 is 4.90 Å². The van der Waals surface area contributed by atoms with Crippen molar-refractivity contribution in [1.29, 1.82) is 0 Å². The van der Waals surface area contributed by atoms with E-state index in [9.17, 15) is 9.18 Å². The molecule has 0 saturated carbocycles. The Bertz CT molecular complexity index is 951. The molecular weight excluding hydrogens is 299 g/mol. The molecule has 6 nitrogen and oxygen atoms in total. The summed E-state index contributed by atoms with van der Waals surface area (Å²) in [6, 6.07) is 10.4. The number of nitrogens with zero attached hydrogens (tertiary/aromatic N) is 3. The number of carbonyl (C=O) groups is 1. The maximum atomic E-state index is 14.1. The number of hydrogen-bond acceptors (Lipinski definition) is 4. The van der Waals surface area contributed by atoms with Crippen LogP contribution in [-0.4, -0.2) is 27.7 Å². The number of aromatic nitrogens is 2. The largest absolute Gasteiger partial charge is 0.341 e. The summed E-state index contributed by atoms with van der Waals surface area (Å²) in [6.07, 6.45) is 0. The second kappa shape index (κ2) is 4.79. The van der Waals surface area contributed by atoms with Crippen LogP contribution in [0.1, 0.15) is 15.9 Å². The fourth-order valence-electron chi connectivity index (χ4n) is 3.01. The Hall–Kier alpha value is -2.93. The highest BCUT2D eigenvalue weighted by Gasteiger charge is 2.26. The third kappa shape index (κ3) is 1.90. The first-order valence-corrected chi connectivity index (χ1v) is 7.06. The fraction of sp³-hybridized carbons (Fsp3) is 0.125. The molecule has 0 aliphatic carbocycles. The van der Waals surface area contributed by atoms with E-state index in [1.54, 1.807) is 0 Å². The van der Waals surface area contributed by atoms with Crippen molar-refractivity contribution in [2.75, 3.05) is 11.9 Å². The second-order valence-corrected chi connectivity index (χ2v) is 5.49. The molecule has 0 atom stereocenters. The molecule has 1 amide bonds. The molecule has 2 aromatic carbocycles. The molecule has 0 bridgehead atoms. The maximum absolute atomic E-state index is 14.1. The number of benzene rings is 2. The van der Waals surface area contributed by atoms with Crippen LogP contribution in [0.5, 0.6) is 0 Å². The van der Waals surface area contributed by atoms with E-state index >= 15 is 0 Å². The Morgan fingerprint density at radius 2 is 2.13 bits per heavy atom. The van der Waals surface area contributed by atoms with Crippen molar-refractivity contribution in [3.05, 3.63) is 53.3 Å². The van der Waals surface area contributed by atoms with Gasteiger partial charge in [0.2, 0.25) is 5.95 Å². The van der Waals surface area contributed by atoms with Crippen molar-refractivity contribution in [2.45, 2.75) is 6.54 Å². The molecule has 3 aromatic rings. The number of carbonyl (C=O) groups excluding carboxylic acids is 1. The van der Waals surface area contributed by atoms with Gasteiger partial charge in [-0.3, -0.25) is 14.6 Å². The third-order valence-electron chi connectivity index (χ3n) is 4.05. The summed E-state index contributed by atoms with van der Waals surface area (Å²) < 4.78 is 16.0. The van der Waals surface area contributed by atoms with Crippen LogP contribution >= 0.6 is 0 Å². The molecule has 0 unspecified atom stereocenters. The number of halogens is 1. The molecule has 0 saturated heterocycles. The number of fused-ring (bicyclic) bond motifs is 5. The van der Waals surface area contributed by atoms with Gasteiger partial charge in [0.05, 0.1) is 22.3 Å². The van der Waals surface area contributed by atoms with Gasteiger partial charge in [-0.25, -0.2) is 14.9 Å². The number of imidazole rings is 1. The summed E-state index contributed by atoms with van der Waals surface area (Å²) in [6.45, 7) is 0.483. The van der Waals surface area contributed by atoms with E-state index in [1.807, 2.05) is 40.8 Å². The first kappa shape index (κ1) is 13.7. The quantitative estimate of drug-likeness (QED) is 0.534. The standard InChI is InChI=1S/C16H13FN4O2/c1-20-8-9-6-11(17)10(15(22)19-23)7-14(9)21-13-5-3-2-4-12(13)18-16(20)21/h2-7,23H,8H2,1H3,(H,19,22). The lowest BCUT2D eigenvalue weighted by molar-refractivity contribution is 0.0701. The van der Waals surface area contributed by atoms with Crippen molar-refractivity contribution in [1.82, 2.24) is 15.0 Å². The molecule has 7 heteroatoms. The van der Waals surface area contributed by atoms with Crippen LogP contribution in [0.25, 0.3) is 16.7 Å². The first-order valence-electron chi connectivity index (χ1n) is 7.06. The first-order chi connectivity index (χ1) is 11.1. The van der Waals surface area contributed by atoms with Crippen LogP contribution in [0, 0.1) is 5.82 Å². The van der Waals surface area contributed by atoms with Gasteiger partial charge in [-0.1, -0.05) is 12.1 Å². The Morgan fingerprint density at radius 1 is 1.35 bits per heavy atom. The zero-order chi connectivity index (χ0) is 16.1. The Kier molecular flexibility index (Phi) is 2.85. The van der Waals surface area contributed by atoms with Gasteiger partial charge in [0, 0.05) is 13.6 Å². The van der Waals surface area contributed by atoms with Crippen LogP contribution < -0.4 is 10.4 Å². The highest BCUT2D eigenvalue weighted by atomic mass is 19.1. The van der Waals surface area contributed by atoms with E-state index < -0.39 is 11.7 Å². The normalized spacial score (nSPS) is 12.9. The number of hydrogen-bond donors (Lipinski definition) is 2. The van der Waals surface area contributed by atoms with Gasteiger partial charge in [-0.15, -0.1) is 0 Å². The summed E-state index contributed by atoms with van der Waals surface area (Å²) in [5, 5.41) is 8.79. The topological polar surface area (TPSA) is 70.4 Å². The second-order valence-electron chi connectivity index (χ2n) is 5.49. The minimum absolute atomic E-state index is 0.209. The number of rotatable bonds is 1. The molecule has 1 aliphatic heterocycles. The molecule has 0 fully saturated rings. The highest BCUT2D eigenvalue weighted by Crippen LogP contribution is 2.34. The van der Waals surface area contributed by atoms with Crippen molar-refractivity contribution in [3.63, 3.8) is 0 Å². The van der Waals surface area contributed by atoms with Gasteiger partial charge >= 0.3 is 0 Å². The van der Waals surface area contributed by atoms with E-state index in [4.69, 9.17) is 5.21 Å². The van der Waals surface area contributed by atoms with Crippen LogP contribution in [0.3, 0.4) is 0 Å². The third-order valence-corrected chi connectivity index (χ3v) is 4.05. The van der Waals surface area contributed by atoms with Gasteiger partial charge in [0.1, 0.15) is 5.82 Å². The average Bonchev–Trinajstić information content (AvgIpc) is 2.94. The van der Waals surface area contributed by atoms with Gasteiger partial charge in [0.15, 0.2) is 0 Å². The molecule has 0 radical (unpaired) electrons. The lowest BCUT2D eigenvalue weighted by atomic mass is 10.1. The Labute approximate surface area is 130 Å². The van der Waals surface area contributed by atoms with Crippen molar-refractivity contribution >= 4 is 22.9 Å². The predicted octanol–water partition coefficient (Wildman–Crippen LogP) is 2.23. The van der Waals surface area contributed by atoms with Crippen molar-refractivity contribution in [2.24, 2.45) is 0 Å². The van der Waals surface area contributed by atoms with Gasteiger partial charge in [0.25, 0.3) is 5.91 Å². The minimum atomic E-state index is -0.879. The zero-order valence-corrected chi connectivity index (χ0v) is 12.2. The monoisotopic (exact) mass is 312 g/mol. The van der Waals surface area contributed by atoms with Crippen LogP contribution in [-0.2, 0) is 6.54 Å². The van der Waals surface area contributed by atoms with E-state index in [-0.39, 0.29) is 5.56 Å². The molecule has 0 spiro atoms. The average molecular weight is 312 g/mol. The van der Waals surface area contributed by atoms with Crippen LogP contribution in [0.15, 0.2) is 36.4 Å². The number of para-hydroxylation sites is 2. The minimum Gasteiger partial charge on any atom is -0.341 e. The molecule has 116 valence electrons. The van der Waals surface area contributed by atoms with Crippen molar-refractivity contribution in [3.8, 4) is 5.69 Å². The number of hydroxylamine groups is 1. The summed E-state index contributed by atoms with van der Waals surface area (Å²) in [5.41, 5.74) is 4.39. The van der Waals surface area contributed by atoms with Gasteiger partial charge in [-0.2, -0.15) is 0 Å². The maximum Gasteiger partial charge on any atom is 0.277 e. The van der Waals surface area contributed by atoms with E-state index in [1.165, 1.54) is 17.6 Å².